The highest BCUT2D eigenvalue weighted by Crippen LogP contribution is 2.22. The first-order chi connectivity index (χ1) is 11.0. The van der Waals surface area contributed by atoms with Crippen molar-refractivity contribution >= 4 is 6.09 Å². The highest BCUT2D eigenvalue weighted by Gasteiger charge is 2.35. The van der Waals surface area contributed by atoms with Gasteiger partial charge < -0.3 is 15.7 Å². The minimum absolute atomic E-state index is 0.189. The van der Waals surface area contributed by atoms with Crippen LogP contribution in [0.5, 0.6) is 0 Å². The quantitative estimate of drug-likeness (QED) is 0.912. The number of halogens is 1. The number of aromatic nitrogens is 1. The molecular formula is C17H18FN3O2. The summed E-state index contributed by atoms with van der Waals surface area (Å²) in [5, 5.41) is 9.25. The molecule has 2 unspecified atom stereocenters. The lowest BCUT2D eigenvalue weighted by atomic mass is 10.0. The molecule has 2 heterocycles. The molecule has 1 aromatic heterocycles. The lowest BCUT2D eigenvalue weighted by Gasteiger charge is -2.24. The average molecular weight is 315 g/mol. The molecule has 1 saturated heterocycles. The van der Waals surface area contributed by atoms with Crippen LogP contribution in [-0.2, 0) is 6.42 Å². The van der Waals surface area contributed by atoms with E-state index < -0.39 is 6.09 Å². The molecule has 0 bridgehead atoms. The average Bonchev–Trinajstić information content (AvgIpc) is 2.89. The van der Waals surface area contributed by atoms with Crippen LogP contribution in [-0.4, -0.2) is 39.7 Å². The first kappa shape index (κ1) is 15.4. The van der Waals surface area contributed by atoms with E-state index in [1.165, 1.54) is 17.0 Å². The summed E-state index contributed by atoms with van der Waals surface area (Å²) in [6, 6.07) is 11.3. The van der Waals surface area contributed by atoms with Gasteiger partial charge in [-0.15, -0.1) is 0 Å². The van der Waals surface area contributed by atoms with Crippen LogP contribution in [0.3, 0.4) is 0 Å². The molecule has 2 atom stereocenters. The summed E-state index contributed by atoms with van der Waals surface area (Å²) in [6.45, 7) is 0.449. The van der Waals surface area contributed by atoms with Gasteiger partial charge >= 0.3 is 6.09 Å². The fraction of sp³-hybridized carbons (Fsp3) is 0.294. The Kier molecular flexibility index (Phi) is 4.25. The van der Waals surface area contributed by atoms with E-state index >= 15 is 0 Å². The summed E-state index contributed by atoms with van der Waals surface area (Å²) in [6.07, 6.45) is 0.154. The summed E-state index contributed by atoms with van der Waals surface area (Å²) in [5.74, 6) is -0.315. The maximum atomic E-state index is 13.4. The van der Waals surface area contributed by atoms with Gasteiger partial charge in [0.25, 0.3) is 0 Å². The number of likely N-dealkylation sites (tertiary alicyclic amines) is 1. The number of carbonyl (C=O) groups is 1. The Bertz CT molecular complexity index is 722. The maximum Gasteiger partial charge on any atom is 0.407 e. The van der Waals surface area contributed by atoms with Crippen LogP contribution in [0, 0.1) is 5.82 Å². The Labute approximate surface area is 133 Å². The second-order valence-corrected chi connectivity index (χ2v) is 5.72. The largest absolute Gasteiger partial charge is 0.465 e. The van der Waals surface area contributed by atoms with Gasteiger partial charge in [-0.3, -0.25) is 4.98 Å². The van der Waals surface area contributed by atoms with Crippen LogP contribution in [0.4, 0.5) is 9.18 Å². The van der Waals surface area contributed by atoms with Gasteiger partial charge in [-0.25, -0.2) is 9.18 Å². The summed E-state index contributed by atoms with van der Waals surface area (Å²) in [7, 11) is 0. The van der Waals surface area contributed by atoms with Crippen molar-refractivity contribution in [1.29, 1.82) is 0 Å². The van der Waals surface area contributed by atoms with Gasteiger partial charge in [0.2, 0.25) is 0 Å². The Morgan fingerprint density at radius 1 is 1.35 bits per heavy atom. The molecule has 1 aliphatic rings. The smallest absolute Gasteiger partial charge is 0.407 e. The SMILES string of the molecule is NC1CCN(C(=O)O)C1Cc1cccc(-c2cccc(F)c2)n1. The monoisotopic (exact) mass is 315 g/mol. The molecule has 2 aromatic rings. The van der Waals surface area contributed by atoms with Gasteiger partial charge in [-0.05, 0) is 30.7 Å². The highest BCUT2D eigenvalue weighted by molar-refractivity contribution is 5.66. The van der Waals surface area contributed by atoms with Crippen molar-refractivity contribution in [2.45, 2.75) is 24.9 Å². The highest BCUT2D eigenvalue weighted by atomic mass is 19.1. The van der Waals surface area contributed by atoms with Crippen molar-refractivity contribution in [1.82, 2.24) is 9.88 Å². The molecular weight excluding hydrogens is 297 g/mol. The molecule has 0 radical (unpaired) electrons. The Morgan fingerprint density at radius 2 is 2.13 bits per heavy atom. The zero-order valence-corrected chi connectivity index (χ0v) is 12.5. The molecule has 3 rings (SSSR count). The molecule has 1 amide bonds. The summed E-state index contributed by atoms with van der Waals surface area (Å²) < 4.78 is 13.4. The molecule has 0 spiro atoms. The van der Waals surface area contributed by atoms with Crippen molar-refractivity contribution in [3.8, 4) is 11.3 Å². The van der Waals surface area contributed by atoms with Crippen molar-refractivity contribution in [3.63, 3.8) is 0 Å². The lowest BCUT2D eigenvalue weighted by Crippen LogP contribution is -2.43. The van der Waals surface area contributed by atoms with Gasteiger partial charge in [0.15, 0.2) is 0 Å². The van der Waals surface area contributed by atoms with E-state index in [9.17, 15) is 14.3 Å². The third-order valence-electron chi connectivity index (χ3n) is 4.19. The first-order valence-electron chi connectivity index (χ1n) is 7.51. The minimum atomic E-state index is -0.954. The number of pyridine rings is 1. The topological polar surface area (TPSA) is 79.5 Å². The minimum Gasteiger partial charge on any atom is -0.465 e. The van der Waals surface area contributed by atoms with E-state index in [1.54, 1.807) is 12.1 Å². The van der Waals surface area contributed by atoms with Crippen molar-refractivity contribution < 1.29 is 14.3 Å². The number of nitrogens with two attached hydrogens (primary N) is 1. The molecule has 0 aliphatic carbocycles. The second kappa shape index (κ2) is 6.34. The summed E-state index contributed by atoms with van der Waals surface area (Å²) in [4.78, 5) is 17.2. The fourth-order valence-electron chi connectivity index (χ4n) is 2.99. The Balaban J connectivity index is 1.84. The number of rotatable bonds is 3. The van der Waals surface area contributed by atoms with E-state index in [0.29, 0.717) is 30.6 Å². The van der Waals surface area contributed by atoms with Crippen LogP contribution in [0.1, 0.15) is 12.1 Å². The molecule has 1 aliphatic heterocycles. The molecule has 3 N–H and O–H groups in total. The lowest BCUT2D eigenvalue weighted by molar-refractivity contribution is 0.138. The maximum absolute atomic E-state index is 13.4. The molecule has 0 saturated carbocycles. The van der Waals surface area contributed by atoms with Crippen molar-refractivity contribution in [2.75, 3.05) is 6.54 Å². The van der Waals surface area contributed by atoms with Crippen LogP contribution in [0.15, 0.2) is 42.5 Å². The molecule has 6 heteroatoms. The third-order valence-corrected chi connectivity index (χ3v) is 4.19. The van der Waals surface area contributed by atoms with Gasteiger partial charge in [-0.2, -0.15) is 0 Å². The molecule has 1 aromatic carbocycles. The van der Waals surface area contributed by atoms with Crippen molar-refractivity contribution in [2.24, 2.45) is 5.73 Å². The zero-order valence-electron chi connectivity index (χ0n) is 12.5. The third kappa shape index (κ3) is 3.32. The fourth-order valence-corrected chi connectivity index (χ4v) is 2.99. The number of hydrogen-bond acceptors (Lipinski definition) is 3. The predicted molar refractivity (Wildman–Crippen MR) is 84.4 cm³/mol. The van der Waals surface area contributed by atoms with E-state index in [4.69, 9.17) is 5.73 Å². The van der Waals surface area contributed by atoms with E-state index in [0.717, 1.165) is 5.69 Å². The number of hydrogen-bond donors (Lipinski definition) is 2. The van der Waals surface area contributed by atoms with Crippen LogP contribution in [0.25, 0.3) is 11.3 Å². The second-order valence-electron chi connectivity index (χ2n) is 5.72. The van der Waals surface area contributed by atoms with E-state index in [-0.39, 0.29) is 17.9 Å². The molecule has 23 heavy (non-hydrogen) atoms. The summed E-state index contributed by atoms with van der Waals surface area (Å²) in [5.41, 5.74) is 8.15. The van der Waals surface area contributed by atoms with Crippen LogP contribution in [0.2, 0.25) is 0 Å². The molecule has 5 nitrogen and oxygen atoms in total. The normalized spacial score (nSPS) is 20.7. The van der Waals surface area contributed by atoms with E-state index in [2.05, 4.69) is 4.98 Å². The van der Waals surface area contributed by atoms with Gasteiger partial charge in [-0.1, -0.05) is 18.2 Å². The predicted octanol–water partition coefficient (Wildman–Crippen LogP) is 2.51. The Hall–Kier alpha value is -2.47. The van der Waals surface area contributed by atoms with Gasteiger partial charge in [0, 0.05) is 30.3 Å². The first-order valence-corrected chi connectivity index (χ1v) is 7.51. The van der Waals surface area contributed by atoms with Crippen molar-refractivity contribution in [3.05, 3.63) is 54.0 Å². The number of benzene rings is 1. The van der Waals surface area contributed by atoms with Crippen LogP contribution >= 0.6 is 0 Å². The van der Waals surface area contributed by atoms with Gasteiger partial charge in [0.05, 0.1) is 11.7 Å². The standard InChI is InChI=1S/C17H18FN3O2/c18-12-4-1-3-11(9-12)15-6-2-5-13(20-15)10-16-14(19)7-8-21(16)17(22)23/h1-6,9,14,16H,7-8,10,19H2,(H,22,23). The number of amides is 1. The Morgan fingerprint density at radius 3 is 2.87 bits per heavy atom. The van der Waals surface area contributed by atoms with Crippen LogP contribution < -0.4 is 5.73 Å². The summed E-state index contributed by atoms with van der Waals surface area (Å²) >= 11 is 0. The van der Waals surface area contributed by atoms with Gasteiger partial charge in [0.1, 0.15) is 5.82 Å². The number of carboxylic acid groups (broad SMARTS) is 1. The van der Waals surface area contributed by atoms with E-state index in [1.807, 2.05) is 18.2 Å². The number of nitrogens with zero attached hydrogens (tertiary/aromatic N) is 2. The zero-order chi connectivity index (χ0) is 16.4. The molecule has 120 valence electrons. The molecule has 1 fully saturated rings.